The molecule has 0 aliphatic rings. The molecular weight excluding hydrogens is 195 g/mol. The summed E-state index contributed by atoms with van der Waals surface area (Å²) in [6.45, 7) is 6.33. The molecule has 0 fully saturated rings. The van der Waals surface area contributed by atoms with Gasteiger partial charge in [0, 0.05) is 11.6 Å². The molecule has 14 heavy (non-hydrogen) atoms. The second kappa shape index (κ2) is 3.85. The van der Waals surface area contributed by atoms with Crippen LogP contribution in [0.4, 0.5) is 4.39 Å². The molecule has 0 aliphatic carbocycles. The largest absolute Gasteiger partial charge is 0.508 e. The maximum atomic E-state index is 12.8. The van der Waals surface area contributed by atoms with E-state index in [1.807, 2.05) is 0 Å². The molecule has 1 N–H and O–H groups in total. The van der Waals surface area contributed by atoms with Crippen molar-refractivity contribution in [2.24, 2.45) is 0 Å². The zero-order valence-electron chi connectivity index (χ0n) is 8.56. The summed E-state index contributed by atoms with van der Waals surface area (Å²) in [5.41, 5.74) is 3.64. The highest BCUT2D eigenvalue weighted by Crippen LogP contribution is 2.13. The van der Waals surface area contributed by atoms with E-state index in [1.54, 1.807) is 0 Å². The summed E-state index contributed by atoms with van der Waals surface area (Å²) < 4.78 is 12.8. The average molecular weight is 208 g/mol. The Labute approximate surface area is 84.6 Å². The zero-order valence-corrected chi connectivity index (χ0v) is 9.56. The Morgan fingerprint density at radius 2 is 1.86 bits per heavy atom. The van der Waals surface area contributed by atoms with Gasteiger partial charge < -0.3 is 5.11 Å². The molecule has 0 spiro atoms. The third kappa shape index (κ3) is 3.63. The van der Waals surface area contributed by atoms with E-state index in [-0.39, 0.29) is 5.75 Å². The number of phenolic OH excluding ortho intramolecular Hbond substituents is 1. The van der Waals surface area contributed by atoms with Crippen LogP contribution in [0.25, 0.3) is 0 Å². The Hall–Kier alpha value is -1.27. The molecule has 0 radical (unpaired) electrons. The number of phenols is 1. The molecule has 3 heteroatoms. The van der Waals surface area contributed by atoms with Crippen LogP contribution in [0.2, 0.25) is 19.6 Å². The van der Waals surface area contributed by atoms with E-state index >= 15 is 0 Å². The minimum absolute atomic E-state index is 0.0788. The van der Waals surface area contributed by atoms with Gasteiger partial charge in [-0.25, -0.2) is 4.39 Å². The standard InChI is InChI=1S/C11H13FOSi/c1-14(2,3)5-4-9-6-10(12)8-11(13)7-9/h6-8,13H,1-3H3. The van der Waals surface area contributed by atoms with Crippen molar-refractivity contribution in [2.75, 3.05) is 0 Å². The highest BCUT2D eigenvalue weighted by Gasteiger charge is 2.07. The Bertz CT molecular complexity index is 376. The molecule has 0 unspecified atom stereocenters. The first-order chi connectivity index (χ1) is 6.37. The third-order valence-corrected chi connectivity index (χ3v) is 2.34. The second-order valence-electron chi connectivity index (χ2n) is 4.20. The first kappa shape index (κ1) is 10.8. The van der Waals surface area contributed by atoms with Crippen LogP contribution in [0.3, 0.4) is 0 Å². The summed E-state index contributed by atoms with van der Waals surface area (Å²) in [6.07, 6.45) is 0. The van der Waals surface area contributed by atoms with Gasteiger partial charge in [-0.2, -0.15) is 0 Å². The van der Waals surface area contributed by atoms with Crippen LogP contribution in [0.15, 0.2) is 18.2 Å². The van der Waals surface area contributed by atoms with E-state index in [2.05, 4.69) is 31.1 Å². The van der Waals surface area contributed by atoms with Crippen LogP contribution < -0.4 is 0 Å². The van der Waals surface area contributed by atoms with Crippen LogP contribution in [0, 0.1) is 17.3 Å². The second-order valence-corrected chi connectivity index (χ2v) is 8.95. The van der Waals surface area contributed by atoms with E-state index in [1.165, 1.54) is 12.1 Å². The minimum Gasteiger partial charge on any atom is -0.508 e. The molecule has 1 rings (SSSR count). The van der Waals surface area contributed by atoms with Crippen molar-refractivity contribution in [2.45, 2.75) is 19.6 Å². The molecule has 1 nitrogen and oxygen atoms in total. The Morgan fingerprint density at radius 3 is 2.36 bits per heavy atom. The van der Waals surface area contributed by atoms with Crippen LogP contribution in [0.5, 0.6) is 5.75 Å². The Balaban J connectivity index is 3.02. The Morgan fingerprint density at radius 1 is 1.21 bits per heavy atom. The van der Waals surface area contributed by atoms with Crippen molar-refractivity contribution in [3.05, 3.63) is 29.6 Å². The molecule has 1 aromatic carbocycles. The summed E-state index contributed by atoms with van der Waals surface area (Å²) in [7, 11) is -1.44. The topological polar surface area (TPSA) is 20.2 Å². The smallest absolute Gasteiger partial charge is 0.129 e. The lowest BCUT2D eigenvalue weighted by atomic mass is 10.2. The van der Waals surface area contributed by atoms with Crippen LogP contribution in [-0.4, -0.2) is 13.2 Å². The van der Waals surface area contributed by atoms with Gasteiger partial charge in [0.05, 0.1) is 0 Å². The normalized spacial score (nSPS) is 10.6. The van der Waals surface area contributed by atoms with E-state index in [0.29, 0.717) is 5.56 Å². The lowest BCUT2D eigenvalue weighted by Gasteiger charge is -2.03. The third-order valence-electron chi connectivity index (χ3n) is 1.46. The van der Waals surface area contributed by atoms with Gasteiger partial charge in [-0.15, -0.1) is 5.54 Å². The zero-order chi connectivity index (χ0) is 10.8. The van der Waals surface area contributed by atoms with Crippen LogP contribution >= 0.6 is 0 Å². The van der Waals surface area contributed by atoms with Gasteiger partial charge in [-0.3, -0.25) is 0 Å². The van der Waals surface area contributed by atoms with Crippen molar-refractivity contribution in [1.29, 1.82) is 0 Å². The van der Waals surface area contributed by atoms with E-state index < -0.39 is 13.9 Å². The van der Waals surface area contributed by atoms with E-state index in [9.17, 15) is 4.39 Å². The summed E-state index contributed by atoms with van der Waals surface area (Å²) in [5.74, 6) is 2.35. The number of halogens is 1. The number of rotatable bonds is 0. The van der Waals surface area contributed by atoms with Crippen LogP contribution in [0.1, 0.15) is 5.56 Å². The number of benzene rings is 1. The van der Waals surface area contributed by atoms with Crippen molar-refractivity contribution in [3.8, 4) is 17.2 Å². The SMILES string of the molecule is C[Si](C)(C)C#Cc1cc(O)cc(F)c1. The molecule has 1 aromatic rings. The van der Waals surface area contributed by atoms with Gasteiger partial charge in [0.2, 0.25) is 0 Å². The molecule has 0 bridgehead atoms. The molecule has 0 saturated carbocycles. The fraction of sp³-hybridized carbons (Fsp3) is 0.273. The minimum atomic E-state index is -1.44. The fourth-order valence-corrected chi connectivity index (χ4v) is 1.43. The van der Waals surface area contributed by atoms with Crippen molar-refractivity contribution in [1.82, 2.24) is 0 Å². The quantitative estimate of drug-likeness (QED) is 0.513. The first-order valence-corrected chi connectivity index (χ1v) is 7.89. The molecule has 0 heterocycles. The number of hydrogen-bond acceptors (Lipinski definition) is 1. The van der Waals surface area contributed by atoms with Gasteiger partial charge in [-0.05, 0) is 12.1 Å². The van der Waals surface area contributed by atoms with Gasteiger partial charge in [0.25, 0.3) is 0 Å². The molecular formula is C11H13FOSi. The van der Waals surface area contributed by atoms with Gasteiger partial charge in [0.1, 0.15) is 19.6 Å². The predicted molar refractivity (Wildman–Crippen MR) is 58.3 cm³/mol. The monoisotopic (exact) mass is 208 g/mol. The maximum absolute atomic E-state index is 12.8. The number of aromatic hydroxyl groups is 1. The highest BCUT2D eigenvalue weighted by atomic mass is 28.3. The molecule has 0 atom stereocenters. The number of hydrogen-bond donors (Lipinski definition) is 1. The van der Waals surface area contributed by atoms with Gasteiger partial charge in [0.15, 0.2) is 0 Å². The molecule has 0 saturated heterocycles. The first-order valence-electron chi connectivity index (χ1n) is 4.39. The summed E-state index contributed by atoms with van der Waals surface area (Å²) in [4.78, 5) is 0. The lowest BCUT2D eigenvalue weighted by molar-refractivity contribution is 0.469. The van der Waals surface area contributed by atoms with Crippen molar-refractivity contribution < 1.29 is 9.50 Å². The van der Waals surface area contributed by atoms with E-state index in [4.69, 9.17) is 5.11 Å². The van der Waals surface area contributed by atoms with Gasteiger partial charge in [-0.1, -0.05) is 25.6 Å². The predicted octanol–water partition coefficient (Wildman–Crippen LogP) is 2.76. The van der Waals surface area contributed by atoms with Gasteiger partial charge >= 0.3 is 0 Å². The summed E-state index contributed by atoms with van der Waals surface area (Å²) >= 11 is 0. The van der Waals surface area contributed by atoms with Crippen molar-refractivity contribution in [3.63, 3.8) is 0 Å². The molecule has 74 valence electrons. The summed E-state index contributed by atoms with van der Waals surface area (Å²) in [6, 6.07) is 3.86. The van der Waals surface area contributed by atoms with Crippen molar-refractivity contribution >= 4 is 8.07 Å². The average Bonchev–Trinajstić information content (AvgIpc) is 1.97. The molecule has 0 aliphatic heterocycles. The molecule has 0 amide bonds. The maximum Gasteiger partial charge on any atom is 0.129 e. The summed E-state index contributed by atoms with van der Waals surface area (Å²) in [5, 5.41) is 9.13. The highest BCUT2D eigenvalue weighted by molar-refractivity contribution is 6.83. The van der Waals surface area contributed by atoms with E-state index in [0.717, 1.165) is 6.07 Å². The van der Waals surface area contributed by atoms with Crippen LogP contribution in [-0.2, 0) is 0 Å². The fourth-order valence-electron chi connectivity index (χ4n) is 0.906. The Kier molecular flexibility index (Phi) is 2.97. The molecule has 0 aromatic heterocycles. The lowest BCUT2D eigenvalue weighted by Crippen LogP contribution is -2.16.